The van der Waals surface area contributed by atoms with Gasteiger partial charge >= 0.3 is 11.9 Å². The quantitative estimate of drug-likeness (QED) is 0.741. The molecule has 1 aromatic rings. The Labute approximate surface area is 91.4 Å². The molecule has 2 rings (SSSR count). The van der Waals surface area contributed by atoms with E-state index < -0.39 is 11.9 Å². The fourth-order valence-corrected chi connectivity index (χ4v) is 1.79. The van der Waals surface area contributed by atoms with Crippen LogP contribution >= 0.6 is 0 Å². The van der Waals surface area contributed by atoms with E-state index in [1.54, 1.807) is 4.57 Å². The van der Waals surface area contributed by atoms with E-state index >= 15 is 0 Å². The number of nitrogens with zero attached hydrogens (tertiary/aromatic N) is 1. The number of esters is 1. The van der Waals surface area contributed by atoms with Crippen LogP contribution in [0.1, 0.15) is 26.5 Å². The van der Waals surface area contributed by atoms with Gasteiger partial charge in [-0.05, 0) is 6.07 Å². The molecule has 0 fully saturated rings. The van der Waals surface area contributed by atoms with Gasteiger partial charge in [0.15, 0.2) is 0 Å². The van der Waals surface area contributed by atoms with Gasteiger partial charge in [0, 0.05) is 6.54 Å². The molecular weight excluding hydrogens is 214 g/mol. The summed E-state index contributed by atoms with van der Waals surface area (Å²) in [7, 11) is 1.26. The first kappa shape index (κ1) is 10.7. The summed E-state index contributed by atoms with van der Waals surface area (Å²) in [5, 5.41) is 8.99. The van der Waals surface area contributed by atoms with Crippen LogP contribution in [0.4, 0.5) is 0 Å². The van der Waals surface area contributed by atoms with Crippen molar-refractivity contribution < 1.29 is 24.2 Å². The highest BCUT2D eigenvalue weighted by atomic mass is 16.5. The van der Waals surface area contributed by atoms with Crippen LogP contribution in [0.2, 0.25) is 0 Å². The highest BCUT2D eigenvalue weighted by Gasteiger charge is 2.25. The molecule has 6 heteroatoms. The predicted octanol–water partition coefficient (Wildman–Crippen LogP) is 0.503. The number of carboxylic acid groups (broad SMARTS) is 1. The van der Waals surface area contributed by atoms with Crippen LogP contribution in [0.5, 0.6) is 0 Å². The minimum absolute atomic E-state index is 0.0960. The molecule has 2 heterocycles. The van der Waals surface area contributed by atoms with Crippen LogP contribution < -0.4 is 0 Å². The number of fused-ring (bicyclic) bond motifs is 1. The number of carboxylic acids is 1. The second kappa shape index (κ2) is 3.97. The third kappa shape index (κ3) is 1.57. The molecule has 1 aliphatic heterocycles. The Morgan fingerprint density at radius 3 is 2.94 bits per heavy atom. The Bertz CT molecular complexity index is 448. The van der Waals surface area contributed by atoms with Gasteiger partial charge in [-0.3, -0.25) is 0 Å². The van der Waals surface area contributed by atoms with Gasteiger partial charge in [-0.25, -0.2) is 9.59 Å². The lowest BCUT2D eigenvalue weighted by molar-refractivity contribution is 0.0565. The molecule has 0 radical (unpaired) electrons. The highest BCUT2D eigenvalue weighted by Crippen LogP contribution is 2.21. The number of rotatable bonds is 2. The van der Waals surface area contributed by atoms with Gasteiger partial charge in [0.05, 0.1) is 31.6 Å². The first-order chi connectivity index (χ1) is 7.65. The molecule has 86 valence electrons. The predicted molar refractivity (Wildman–Crippen MR) is 52.4 cm³/mol. The van der Waals surface area contributed by atoms with Crippen molar-refractivity contribution >= 4 is 11.9 Å². The molecule has 1 aliphatic rings. The van der Waals surface area contributed by atoms with Gasteiger partial charge in [0.25, 0.3) is 0 Å². The molecule has 0 bridgehead atoms. The molecular formula is C10H11NO5. The van der Waals surface area contributed by atoms with Crippen molar-refractivity contribution in [2.75, 3.05) is 13.7 Å². The summed E-state index contributed by atoms with van der Waals surface area (Å²) in [6, 6.07) is 1.33. The van der Waals surface area contributed by atoms with Crippen LogP contribution in [0.25, 0.3) is 0 Å². The average Bonchev–Trinajstić information content (AvgIpc) is 2.67. The Balaban J connectivity index is 2.54. The summed E-state index contributed by atoms with van der Waals surface area (Å²) >= 11 is 0. The Hall–Kier alpha value is -1.82. The Morgan fingerprint density at radius 1 is 1.56 bits per heavy atom. The zero-order valence-electron chi connectivity index (χ0n) is 8.73. The first-order valence-electron chi connectivity index (χ1n) is 4.77. The molecule has 0 atom stereocenters. The standard InChI is InChI=1S/C10H11NO5/c1-15-10(14)6-4-7(9(12)13)11-2-3-16-5-8(6)11/h4H,2-3,5H2,1H3,(H,12,13). The van der Waals surface area contributed by atoms with Crippen LogP contribution in [-0.4, -0.2) is 35.3 Å². The summed E-state index contributed by atoms with van der Waals surface area (Å²) in [4.78, 5) is 22.4. The van der Waals surface area contributed by atoms with Crippen LogP contribution in [0.3, 0.4) is 0 Å². The molecule has 0 saturated heterocycles. The summed E-state index contributed by atoms with van der Waals surface area (Å²) in [5.41, 5.74) is 0.925. The third-order valence-corrected chi connectivity index (χ3v) is 2.53. The zero-order chi connectivity index (χ0) is 11.7. The number of carbonyl (C=O) groups excluding carboxylic acids is 1. The minimum Gasteiger partial charge on any atom is -0.477 e. The topological polar surface area (TPSA) is 77.8 Å². The second-order valence-electron chi connectivity index (χ2n) is 3.39. The van der Waals surface area contributed by atoms with Crippen molar-refractivity contribution in [2.24, 2.45) is 0 Å². The number of ether oxygens (including phenoxy) is 2. The normalized spacial score (nSPS) is 14.3. The molecule has 16 heavy (non-hydrogen) atoms. The van der Waals surface area contributed by atoms with Crippen molar-refractivity contribution in [1.82, 2.24) is 4.57 Å². The maximum absolute atomic E-state index is 11.4. The van der Waals surface area contributed by atoms with Gasteiger partial charge in [-0.1, -0.05) is 0 Å². The van der Waals surface area contributed by atoms with E-state index in [0.717, 1.165) is 0 Å². The van der Waals surface area contributed by atoms with Crippen molar-refractivity contribution in [3.05, 3.63) is 23.0 Å². The van der Waals surface area contributed by atoms with Crippen molar-refractivity contribution in [3.63, 3.8) is 0 Å². The number of methoxy groups -OCH3 is 1. The molecule has 1 aromatic heterocycles. The maximum Gasteiger partial charge on any atom is 0.352 e. The van der Waals surface area contributed by atoms with Gasteiger partial charge in [0.2, 0.25) is 0 Å². The minimum atomic E-state index is -1.06. The molecule has 0 aliphatic carbocycles. The van der Waals surface area contributed by atoms with Crippen LogP contribution in [0, 0.1) is 0 Å². The number of aromatic nitrogens is 1. The van der Waals surface area contributed by atoms with Crippen molar-refractivity contribution in [2.45, 2.75) is 13.2 Å². The molecule has 0 unspecified atom stereocenters. The van der Waals surface area contributed by atoms with Gasteiger partial charge in [0.1, 0.15) is 5.69 Å². The van der Waals surface area contributed by atoms with E-state index in [9.17, 15) is 9.59 Å². The number of carbonyl (C=O) groups is 2. The fraction of sp³-hybridized carbons (Fsp3) is 0.400. The van der Waals surface area contributed by atoms with E-state index in [1.165, 1.54) is 13.2 Å². The van der Waals surface area contributed by atoms with E-state index in [0.29, 0.717) is 18.8 Å². The second-order valence-corrected chi connectivity index (χ2v) is 3.39. The summed E-state index contributed by atoms with van der Waals surface area (Å²) < 4.78 is 11.4. The lowest BCUT2D eigenvalue weighted by Crippen LogP contribution is -2.21. The van der Waals surface area contributed by atoms with E-state index in [4.69, 9.17) is 9.84 Å². The van der Waals surface area contributed by atoms with Gasteiger partial charge < -0.3 is 19.1 Å². The van der Waals surface area contributed by atoms with Gasteiger partial charge in [-0.15, -0.1) is 0 Å². The molecule has 0 amide bonds. The lowest BCUT2D eigenvalue weighted by atomic mass is 10.2. The maximum atomic E-state index is 11.4. The average molecular weight is 225 g/mol. The van der Waals surface area contributed by atoms with E-state index in [1.807, 2.05) is 0 Å². The van der Waals surface area contributed by atoms with Crippen LogP contribution in [0.15, 0.2) is 6.07 Å². The first-order valence-corrected chi connectivity index (χ1v) is 4.77. The van der Waals surface area contributed by atoms with Crippen molar-refractivity contribution in [3.8, 4) is 0 Å². The third-order valence-electron chi connectivity index (χ3n) is 2.53. The molecule has 6 nitrogen and oxygen atoms in total. The Kier molecular flexibility index (Phi) is 2.66. The molecule has 0 saturated carbocycles. The number of hydrogen-bond donors (Lipinski definition) is 1. The lowest BCUT2D eigenvalue weighted by Gasteiger charge is -2.17. The number of aromatic carboxylic acids is 1. The molecule has 0 spiro atoms. The summed E-state index contributed by atoms with van der Waals surface area (Å²) in [6.07, 6.45) is 0. The van der Waals surface area contributed by atoms with Crippen molar-refractivity contribution in [1.29, 1.82) is 0 Å². The monoisotopic (exact) mass is 225 g/mol. The van der Waals surface area contributed by atoms with E-state index in [2.05, 4.69) is 4.74 Å². The van der Waals surface area contributed by atoms with Gasteiger partial charge in [-0.2, -0.15) is 0 Å². The van der Waals surface area contributed by atoms with E-state index in [-0.39, 0.29) is 17.9 Å². The SMILES string of the molecule is COC(=O)c1cc(C(=O)O)n2c1COCC2. The summed E-state index contributed by atoms with van der Waals surface area (Å²) in [5.74, 6) is -1.60. The van der Waals surface area contributed by atoms with Crippen LogP contribution in [-0.2, 0) is 22.6 Å². The fourth-order valence-electron chi connectivity index (χ4n) is 1.79. The largest absolute Gasteiger partial charge is 0.477 e. The molecule has 1 N–H and O–H groups in total. The highest BCUT2D eigenvalue weighted by molar-refractivity contribution is 5.95. The summed E-state index contributed by atoms with van der Waals surface area (Å²) in [6.45, 7) is 1.12. The smallest absolute Gasteiger partial charge is 0.352 e. The number of hydrogen-bond acceptors (Lipinski definition) is 4. The molecule has 0 aromatic carbocycles. The Morgan fingerprint density at radius 2 is 2.31 bits per heavy atom. The zero-order valence-corrected chi connectivity index (χ0v) is 8.73.